The molecule has 0 atom stereocenters. The number of hydrogen-bond donors (Lipinski definition) is 1. The molecule has 0 aliphatic heterocycles. The molecule has 0 unspecified atom stereocenters. The molecule has 0 saturated heterocycles. The second-order valence-electron chi connectivity index (χ2n) is 4.31. The molecule has 20 heavy (non-hydrogen) atoms. The molecule has 1 rings (SSSR count). The summed E-state index contributed by atoms with van der Waals surface area (Å²) >= 11 is 3.34. The van der Waals surface area contributed by atoms with Crippen LogP contribution in [-0.2, 0) is 14.3 Å². The highest BCUT2D eigenvalue weighted by Gasteiger charge is 2.11. The SMILES string of the molecule is COCCN(CCC(=O)Nc1cccc(Br)c1)C(C)=O. The Morgan fingerprint density at radius 2 is 2.10 bits per heavy atom. The number of carbonyl (C=O) groups is 2. The highest BCUT2D eigenvalue weighted by Crippen LogP contribution is 2.15. The van der Waals surface area contributed by atoms with Gasteiger partial charge in [0.2, 0.25) is 11.8 Å². The van der Waals surface area contributed by atoms with E-state index in [1.54, 1.807) is 12.0 Å². The van der Waals surface area contributed by atoms with Gasteiger partial charge < -0.3 is 15.0 Å². The van der Waals surface area contributed by atoms with E-state index in [0.717, 1.165) is 10.2 Å². The zero-order valence-electron chi connectivity index (χ0n) is 11.7. The summed E-state index contributed by atoms with van der Waals surface area (Å²) in [6, 6.07) is 7.37. The van der Waals surface area contributed by atoms with Crippen molar-refractivity contribution in [3.8, 4) is 0 Å². The summed E-state index contributed by atoms with van der Waals surface area (Å²) in [5.41, 5.74) is 0.732. The van der Waals surface area contributed by atoms with Crippen LogP contribution in [0, 0.1) is 0 Å². The largest absolute Gasteiger partial charge is 0.383 e. The smallest absolute Gasteiger partial charge is 0.226 e. The Morgan fingerprint density at radius 1 is 1.35 bits per heavy atom. The molecule has 1 aromatic carbocycles. The fourth-order valence-corrected chi connectivity index (χ4v) is 2.05. The lowest BCUT2D eigenvalue weighted by Gasteiger charge is -2.20. The van der Waals surface area contributed by atoms with Crippen molar-refractivity contribution in [3.63, 3.8) is 0 Å². The van der Waals surface area contributed by atoms with Crippen molar-refractivity contribution in [2.24, 2.45) is 0 Å². The number of ether oxygens (including phenoxy) is 1. The van der Waals surface area contributed by atoms with Gasteiger partial charge in [-0.2, -0.15) is 0 Å². The molecule has 110 valence electrons. The van der Waals surface area contributed by atoms with Crippen LogP contribution in [0.4, 0.5) is 5.69 Å². The number of anilines is 1. The summed E-state index contributed by atoms with van der Waals surface area (Å²) < 4.78 is 5.84. The molecule has 2 amide bonds. The Hall–Kier alpha value is -1.40. The quantitative estimate of drug-likeness (QED) is 0.826. The number of nitrogens with zero attached hydrogens (tertiary/aromatic N) is 1. The van der Waals surface area contributed by atoms with E-state index >= 15 is 0 Å². The van der Waals surface area contributed by atoms with Gasteiger partial charge in [-0.3, -0.25) is 9.59 Å². The minimum absolute atomic E-state index is 0.0581. The Bertz CT molecular complexity index is 465. The zero-order valence-corrected chi connectivity index (χ0v) is 13.3. The van der Waals surface area contributed by atoms with Crippen LogP contribution in [0.3, 0.4) is 0 Å². The van der Waals surface area contributed by atoms with Gasteiger partial charge in [-0.25, -0.2) is 0 Å². The first-order valence-electron chi connectivity index (χ1n) is 6.33. The number of methoxy groups -OCH3 is 1. The number of benzene rings is 1. The maximum absolute atomic E-state index is 11.8. The minimum atomic E-state index is -0.119. The number of hydrogen-bond acceptors (Lipinski definition) is 3. The Balaban J connectivity index is 2.43. The molecule has 0 fully saturated rings. The molecule has 0 heterocycles. The van der Waals surface area contributed by atoms with Crippen LogP contribution in [-0.4, -0.2) is 43.5 Å². The van der Waals surface area contributed by atoms with Crippen molar-refractivity contribution in [3.05, 3.63) is 28.7 Å². The van der Waals surface area contributed by atoms with Crippen molar-refractivity contribution >= 4 is 33.4 Å². The highest BCUT2D eigenvalue weighted by atomic mass is 79.9. The highest BCUT2D eigenvalue weighted by molar-refractivity contribution is 9.10. The minimum Gasteiger partial charge on any atom is -0.383 e. The van der Waals surface area contributed by atoms with Crippen LogP contribution in [0.2, 0.25) is 0 Å². The van der Waals surface area contributed by atoms with E-state index < -0.39 is 0 Å². The van der Waals surface area contributed by atoms with Crippen LogP contribution in [0.1, 0.15) is 13.3 Å². The van der Waals surface area contributed by atoms with Gasteiger partial charge in [-0.05, 0) is 18.2 Å². The van der Waals surface area contributed by atoms with Crippen molar-refractivity contribution in [1.82, 2.24) is 4.90 Å². The maximum atomic E-state index is 11.8. The molecule has 0 aliphatic carbocycles. The number of rotatable bonds is 7. The van der Waals surface area contributed by atoms with Crippen molar-refractivity contribution in [1.29, 1.82) is 0 Å². The van der Waals surface area contributed by atoms with E-state index in [2.05, 4.69) is 21.2 Å². The molecule has 0 radical (unpaired) electrons. The second kappa shape index (κ2) is 8.71. The first kappa shape index (κ1) is 16.7. The molecule has 5 nitrogen and oxygen atoms in total. The standard InChI is InChI=1S/C14H19BrN2O3/c1-11(18)17(8-9-20-2)7-6-14(19)16-13-5-3-4-12(15)10-13/h3-5,10H,6-9H2,1-2H3,(H,16,19). The summed E-state index contributed by atoms with van der Waals surface area (Å²) in [5.74, 6) is -0.177. The lowest BCUT2D eigenvalue weighted by Crippen LogP contribution is -2.34. The molecule has 6 heteroatoms. The third kappa shape index (κ3) is 6.16. The molecule has 0 bridgehead atoms. The van der Waals surface area contributed by atoms with E-state index in [1.165, 1.54) is 6.92 Å². The third-order valence-corrected chi connectivity index (χ3v) is 3.22. The van der Waals surface area contributed by atoms with Gasteiger partial charge in [0.1, 0.15) is 0 Å². The number of carbonyl (C=O) groups excluding carboxylic acids is 2. The lowest BCUT2D eigenvalue weighted by atomic mass is 10.3. The van der Waals surface area contributed by atoms with Gasteiger partial charge in [0.05, 0.1) is 6.61 Å². The molecule has 1 aromatic rings. The number of amides is 2. The molecular weight excluding hydrogens is 324 g/mol. The van der Waals surface area contributed by atoms with Crippen LogP contribution in [0.15, 0.2) is 28.7 Å². The van der Waals surface area contributed by atoms with E-state index in [-0.39, 0.29) is 18.2 Å². The van der Waals surface area contributed by atoms with E-state index in [4.69, 9.17) is 4.74 Å². The van der Waals surface area contributed by atoms with Crippen LogP contribution in [0.25, 0.3) is 0 Å². The summed E-state index contributed by atoms with van der Waals surface area (Å²) in [5, 5.41) is 2.79. The van der Waals surface area contributed by atoms with Crippen molar-refractivity contribution in [2.75, 3.05) is 32.1 Å². The summed E-state index contributed by atoms with van der Waals surface area (Å²) in [6.45, 7) is 2.84. The lowest BCUT2D eigenvalue weighted by molar-refractivity contribution is -0.130. The Labute approximate surface area is 127 Å². The van der Waals surface area contributed by atoms with E-state index in [0.29, 0.717) is 19.7 Å². The molecule has 0 aromatic heterocycles. The van der Waals surface area contributed by atoms with Gasteiger partial charge >= 0.3 is 0 Å². The predicted molar refractivity (Wildman–Crippen MR) is 81.5 cm³/mol. The average molecular weight is 343 g/mol. The van der Waals surface area contributed by atoms with Crippen LogP contribution in [0.5, 0.6) is 0 Å². The molecule has 0 saturated carbocycles. The monoisotopic (exact) mass is 342 g/mol. The fourth-order valence-electron chi connectivity index (χ4n) is 1.65. The van der Waals surface area contributed by atoms with E-state index in [9.17, 15) is 9.59 Å². The molecule has 0 aliphatic rings. The number of halogens is 1. The first-order chi connectivity index (χ1) is 9.52. The third-order valence-electron chi connectivity index (χ3n) is 2.73. The fraction of sp³-hybridized carbons (Fsp3) is 0.429. The first-order valence-corrected chi connectivity index (χ1v) is 7.12. The second-order valence-corrected chi connectivity index (χ2v) is 5.22. The maximum Gasteiger partial charge on any atom is 0.226 e. The van der Waals surface area contributed by atoms with Crippen molar-refractivity contribution < 1.29 is 14.3 Å². The Kier molecular flexibility index (Phi) is 7.25. The Morgan fingerprint density at radius 3 is 2.70 bits per heavy atom. The van der Waals surface area contributed by atoms with Gasteiger partial charge in [0, 0.05) is 43.7 Å². The zero-order chi connectivity index (χ0) is 15.0. The average Bonchev–Trinajstić information content (AvgIpc) is 2.38. The summed E-state index contributed by atoms with van der Waals surface area (Å²) in [7, 11) is 1.58. The summed E-state index contributed by atoms with van der Waals surface area (Å²) in [6.07, 6.45) is 0.260. The van der Waals surface area contributed by atoms with Gasteiger partial charge in [0.25, 0.3) is 0 Å². The molecular formula is C14H19BrN2O3. The van der Waals surface area contributed by atoms with Gasteiger partial charge in [-0.1, -0.05) is 22.0 Å². The topological polar surface area (TPSA) is 58.6 Å². The van der Waals surface area contributed by atoms with Gasteiger partial charge in [0.15, 0.2) is 0 Å². The van der Waals surface area contributed by atoms with Gasteiger partial charge in [-0.15, -0.1) is 0 Å². The molecule has 1 N–H and O–H groups in total. The summed E-state index contributed by atoms with van der Waals surface area (Å²) in [4.78, 5) is 24.8. The van der Waals surface area contributed by atoms with Crippen molar-refractivity contribution in [2.45, 2.75) is 13.3 Å². The van der Waals surface area contributed by atoms with Crippen LogP contribution < -0.4 is 5.32 Å². The van der Waals surface area contributed by atoms with E-state index in [1.807, 2.05) is 24.3 Å². The number of nitrogens with one attached hydrogen (secondary N) is 1. The normalized spacial score (nSPS) is 10.2. The molecule has 0 spiro atoms. The van der Waals surface area contributed by atoms with Crippen LogP contribution >= 0.6 is 15.9 Å². The predicted octanol–water partition coefficient (Wildman–Crippen LogP) is 2.27.